The Morgan fingerprint density at radius 3 is 2.85 bits per heavy atom. The van der Waals surface area contributed by atoms with Gasteiger partial charge in [-0.2, -0.15) is 0 Å². The second-order valence-corrected chi connectivity index (χ2v) is 6.55. The van der Waals surface area contributed by atoms with E-state index in [0.717, 1.165) is 17.7 Å². The van der Waals surface area contributed by atoms with Crippen LogP contribution >= 0.6 is 11.3 Å². The zero-order chi connectivity index (χ0) is 14.3. The number of aliphatic hydroxyl groups is 1. The van der Waals surface area contributed by atoms with E-state index in [-0.39, 0.29) is 0 Å². The molecule has 0 saturated carbocycles. The average molecular weight is 285 g/mol. The Morgan fingerprint density at radius 2 is 2.10 bits per heavy atom. The molecule has 0 aliphatic carbocycles. The fraction of sp³-hybridized carbons (Fsp3) is 0.294. The van der Waals surface area contributed by atoms with Crippen molar-refractivity contribution in [1.82, 2.24) is 4.90 Å². The third-order valence-electron chi connectivity index (χ3n) is 3.65. The van der Waals surface area contributed by atoms with E-state index in [2.05, 4.69) is 55.4 Å². The maximum Gasteiger partial charge on any atom is 0.0766 e. The van der Waals surface area contributed by atoms with Crippen molar-refractivity contribution in [2.75, 3.05) is 13.6 Å². The summed E-state index contributed by atoms with van der Waals surface area (Å²) in [4.78, 5) is 3.38. The van der Waals surface area contributed by atoms with E-state index in [1.807, 2.05) is 6.92 Å². The number of rotatable bonds is 2. The first-order valence-electron chi connectivity index (χ1n) is 6.86. The number of hydrogen-bond donors (Lipinski definition) is 1. The Bertz CT molecular complexity index is 709. The van der Waals surface area contributed by atoms with Crippen molar-refractivity contribution < 1.29 is 5.11 Å². The van der Waals surface area contributed by atoms with Crippen molar-refractivity contribution in [1.29, 1.82) is 0 Å². The third-order valence-corrected chi connectivity index (χ3v) is 4.80. The molecule has 1 aromatic heterocycles. The summed E-state index contributed by atoms with van der Waals surface area (Å²) in [5, 5.41) is 11.3. The van der Waals surface area contributed by atoms with Gasteiger partial charge in [0.25, 0.3) is 0 Å². The Labute approximate surface area is 123 Å². The molecule has 2 heterocycles. The fourth-order valence-corrected chi connectivity index (χ4v) is 3.67. The highest BCUT2D eigenvalue weighted by atomic mass is 32.1. The second-order valence-electron chi connectivity index (χ2n) is 5.47. The maximum atomic E-state index is 9.99. The standard InChI is InChI=1S/C17H19NOS/c1-11-4-5-16-13(8-11)9-17(20-16)15-10-18(3)7-6-14(15)12(2)19/h4-6,8-10,12,19H,7H2,1-3H3. The summed E-state index contributed by atoms with van der Waals surface area (Å²) in [6.45, 7) is 4.81. The van der Waals surface area contributed by atoms with Crippen molar-refractivity contribution in [3.05, 3.63) is 52.6 Å². The molecular weight excluding hydrogens is 266 g/mol. The monoisotopic (exact) mass is 285 g/mol. The lowest BCUT2D eigenvalue weighted by Crippen LogP contribution is -2.20. The van der Waals surface area contributed by atoms with Crippen LogP contribution in [0.1, 0.15) is 17.4 Å². The van der Waals surface area contributed by atoms with Crippen LogP contribution in [0, 0.1) is 6.92 Å². The molecule has 3 rings (SSSR count). The number of hydrogen-bond acceptors (Lipinski definition) is 3. The summed E-state index contributed by atoms with van der Waals surface area (Å²) in [7, 11) is 2.06. The first kappa shape index (κ1) is 13.4. The highest BCUT2D eigenvalue weighted by molar-refractivity contribution is 7.20. The van der Waals surface area contributed by atoms with Gasteiger partial charge in [0.1, 0.15) is 0 Å². The van der Waals surface area contributed by atoms with Gasteiger partial charge in [-0.3, -0.25) is 0 Å². The predicted octanol–water partition coefficient (Wildman–Crippen LogP) is 3.80. The van der Waals surface area contributed by atoms with Crippen LogP contribution in [0.5, 0.6) is 0 Å². The lowest BCUT2D eigenvalue weighted by atomic mass is 9.97. The number of benzene rings is 1. The largest absolute Gasteiger partial charge is 0.389 e. The van der Waals surface area contributed by atoms with Gasteiger partial charge in [-0.1, -0.05) is 23.8 Å². The number of thiophene rings is 1. The Hall–Kier alpha value is -1.58. The van der Waals surface area contributed by atoms with Crippen LogP contribution in [0.3, 0.4) is 0 Å². The molecule has 3 heteroatoms. The summed E-state index contributed by atoms with van der Waals surface area (Å²) >= 11 is 1.79. The van der Waals surface area contributed by atoms with Gasteiger partial charge in [0.05, 0.1) is 6.10 Å². The van der Waals surface area contributed by atoms with Crippen LogP contribution in [0.2, 0.25) is 0 Å². The van der Waals surface area contributed by atoms with Crippen LogP contribution < -0.4 is 0 Å². The number of aryl methyl sites for hydroxylation is 1. The van der Waals surface area contributed by atoms with Gasteiger partial charge < -0.3 is 10.0 Å². The first-order chi connectivity index (χ1) is 9.54. The Balaban J connectivity index is 2.10. The molecule has 1 aromatic carbocycles. The summed E-state index contributed by atoms with van der Waals surface area (Å²) in [5.74, 6) is 0. The van der Waals surface area contributed by atoms with E-state index in [1.165, 1.54) is 20.5 Å². The molecule has 1 unspecified atom stereocenters. The molecule has 0 bridgehead atoms. The van der Waals surface area contributed by atoms with Crippen molar-refractivity contribution in [3.8, 4) is 0 Å². The first-order valence-corrected chi connectivity index (χ1v) is 7.67. The molecule has 1 aliphatic rings. The molecule has 20 heavy (non-hydrogen) atoms. The number of fused-ring (bicyclic) bond motifs is 1. The van der Waals surface area contributed by atoms with Gasteiger partial charge in [0.2, 0.25) is 0 Å². The number of aliphatic hydroxyl groups excluding tert-OH is 1. The molecule has 0 spiro atoms. The molecule has 2 nitrogen and oxygen atoms in total. The van der Waals surface area contributed by atoms with Crippen molar-refractivity contribution >= 4 is 27.0 Å². The van der Waals surface area contributed by atoms with Gasteiger partial charge in [0.15, 0.2) is 0 Å². The highest BCUT2D eigenvalue weighted by Gasteiger charge is 2.19. The number of nitrogens with zero attached hydrogens (tertiary/aromatic N) is 1. The van der Waals surface area contributed by atoms with E-state index in [4.69, 9.17) is 0 Å². The van der Waals surface area contributed by atoms with Crippen molar-refractivity contribution in [2.45, 2.75) is 20.0 Å². The maximum absolute atomic E-state index is 9.99. The molecular formula is C17H19NOS. The summed E-state index contributed by atoms with van der Waals surface area (Å²) < 4.78 is 1.30. The number of likely N-dealkylation sites (N-methyl/N-ethyl adjacent to an activating group) is 1. The van der Waals surface area contributed by atoms with Crippen molar-refractivity contribution in [2.24, 2.45) is 0 Å². The molecule has 0 amide bonds. The molecule has 1 atom stereocenters. The van der Waals surface area contributed by atoms with E-state index in [1.54, 1.807) is 11.3 Å². The van der Waals surface area contributed by atoms with Gasteiger partial charge in [-0.15, -0.1) is 11.3 Å². The highest BCUT2D eigenvalue weighted by Crippen LogP contribution is 2.36. The van der Waals surface area contributed by atoms with E-state index in [9.17, 15) is 5.11 Å². The van der Waals surface area contributed by atoms with E-state index >= 15 is 0 Å². The van der Waals surface area contributed by atoms with Gasteiger partial charge in [-0.25, -0.2) is 0 Å². The Morgan fingerprint density at radius 1 is 1.30 bits per heavy atom. The van der Waals surface area contributed by atoms with Gasteiger partial charge >= 0.3 is 0 Å². The fourth-order valence-electron chi connectivity index (χ4n) is 2.60. The zero-order valence-electron chi connectivity index (χ0n) is 12.1. The van der Waals surface area contributed by atoms with Crippen LogP contribution in [0.15, 0.2) is 42.1 Å². The molecule has 0 saturated heterocycles. The summed E-state index contributed by atoms with van der Waals surface area (Å²) in [5.41, 5.74) is 3.46. The quantitative estimate of drug-likeness (QED) is 0.907. The van der Waals surface area contributed by atoms with Crippen LogP contribution in [0.25, 0.3) is 15.7 Å². The smallest absolute Gasteiger partial charge is 0.0766 e. The normalized spacial score (nSPS) is 17.1. The molecule has 1 aliphatic heterocycles. The minimum Gasteiger partial charge on any atom is -0.389 e. The van der Waals surface area contributed by atoms with Crippen LogP contribution in [0.4, 0.5) is 0 Å². The molecule has 1 N–H and O–H groups in total. The molecule has 104 valence electrons. The minimum atomic E-state index is -0.429. The second kappa shape index (κ2) is 5.08. The third kappa shape index (κ3) is 2.39. The van der Waals surface area contributed by atoms with Crippen LogP contribution in [-0.2, 0) is 0 Å². The van der Waals surface area contributed by atoms with Gasteiger partial charge in [0, 0.05) is 34.9 Å². The molecule has 0 radical (unpaired) electrons. The van der Waals surface area contributed by atoms with E-state index < -0.39 is 6.10 Å². The van der Waals surface area contributed by atoms with Crippen molar-refractivity contribution in [3.63, 3.8) is 0 Å². The van der Waals surface area contributed by atoms with Crippen LogP contribution in [-0.4, -0.2) is 29.7 Å². The zero-order valence-corrected chi connectivity index (χ0v) is 12.9. The predicted molar refractivity (Wildman–Crippen MR) is 86.9 cm³/mol. The average Bonchev–Trinajstić information content (AvgIpc) is 2.81. The Kier molecular flexibility index (Phi) is 3.40. The lowest BCUT2D eigenvalue weighted by Gasteiger charge is -2.24. The molecule has 2 aromatic rings. The van der Waals surface area contributed by atoms with Gasteiger partial charge in [-0.05, 0) is 36.9 Å². The SMILES string of the molecule is Cc1ccc2sc(C3=CN(C)CC=C3C(C)O)cc2c1. The summed E-state index contributed by atoms with van der Waals surface area (Å²) in [6, 6.07) is 8.77. The van der Waals surface area contributed by atoms with E-state index in [0.29, 0.717) is 0 Å². The summed E-state index contributed by atoms with van der Waals surface area (Å²) in [6.07, 6.45) is 3.83. The topological polar surface area (TPSA) is 23.5 Å². The lowest BCUT2D eigenvalue weighted by molar-refractivity contribution is 0.235. The minimum absolute atomic E-state index is 0.429. The molecule has 0 fully saturated rings.